The van der Waals surface area contributed by atoms with E-state index in [1.165, 1.54) is 26.4 Å². The average Bonchev–Trinajstić information content (AvgIpc) is 2.76. The number of nitrogens with one attached hydrogen (secondary N) is 2. The summed E-state index contributed by atoms with van der Waals surface area (Å²) in [5.41, 5.74) is 2.70. The summed E-state index contributed by atoms with van der Waals surface area (Å²) in [5, 5.41) is 7.02. The zero-order chi connectivity index (χ0) is 22.6. The number of rotatable bonds is 4. The average molecular weight is 454 g/mol. The van der Waals surface area contributed by atoms with E-state index in [-0.39, 0.29) is 11.3 Å². The summed E-state index contributed by atoms with van der Waals surface area (Å²) in [6, 6.07) is 7.30. The van der Waals surface area contributed by atoms with Crippen LogP contribution in [0.3, 0.4) is 0 Å². The molecule has 32 heavy (non-hydrogen) atoms. The Hall–Kier alpha value is -2.41. The number of hydrogen-bond acceptors (Lipinski definition) is 4. The van der Waals surface area contributed by atoms with Crippen LogP contribution >= 0.6 is 12.2 Å². The molecule has 170 valence electrons. The van der Waals surface area contributed by atoms with E-state index in [4.69, 9.17) is 17.0 Å². The van der Waals surface area contributed by atoms with Gasteiger partial charge in [0.2, 0.25) is 5.91 Å². The molecule has 1 heterocycles. The molecule has 0 spiro atoms. The van der Waals surface area contributed by atoms with Crippen LogP contribution in [0.1, 0.15) is 57.1 Å². The molecule has 4 bridgehead atoms. The molecule has 4 fully saturated rings. The largest absolute Gasteiger partial charge is 0.466 e. The Kier molecular flexibility index (Phi) is 5.27. The van der Waals surface area contributed by atoms with Gasteiger partial charge in [-0.3, -0.25) is 4.79 Å². The third-order valence-corrected chi connectivity index (χ3v) is 8.55. The Labute approximate surface area is 194 Å². The summed E-state index contributed by atoms with van der Waals surface area (Å²) in [4.78, 5) is 27.8. The predicted molar refractivity (Wildman–Crippen MR) is 127 cm³/mol. The van der Waals surface area contributed by atoms with Gasteiger partial charge in [0.05, 0.1) is 24.1 Å². The molecule has 1 aromatic rings. The van der Waals surface area contributed by atoms with Gasteiger partial charge in [0.1, 0.15) is 0 Å². The fourth-order valence-corrected chi connectivity index (χ4v) is 7.16. The minimum Gasteiger partial charge on any atom is -0.466 e. The number of nitrogens with zero attached hydrogens (tertiary/aromatic N) is 1. The minimum absolute atomic E-state index is 0.167. The number of thiocarbonyl (C=S) groups is 1. The van der Waals surface area contributed by atoms with Crippen molar-refractivity contribution in [1.29, 1.82) is 0 Å². The van der Waals surface area contributed by atoms with Gasteiger partial charge in [-0.25, -0.2) is 4.79 Å². The Bertz CT molecular complexity index is 982. The van der Waals surface area contributed by atoms with Gasteiger partial charge < -0.3 is 20.3 Å². The number of anilines is 1. The fraction of sp³-hybridized carbons (Fsp3) is 0.560. The van der Waals surface area contributed by atoms with Gasteiger partial charge in [-0.05, 0) is 93.1 Å². The van der Waals surface area contributed by atoms with E-state index < -0.39 is 12.0 Å². The van der Waals surface area contributed by atoms with Gasteiger partial charge in [-0.1, -0.05) is 12.1 Å². The Balaban J connectivity index is 1.41. The topological polar surface area (TPSA) is 70.7 Å². The van der Waals surface area contributed by atoms with Crippen LogP contribution < -0.4 is 10.6 Å². The highest BCUT2D eigenvalue weighted by Gasteiger charge is 2.54. The van der Waals surface area contributed by atoms with Crippen molar-refractivity contribution in [3.05, 3.63) is 41.1 Å². The van der Waals surface area contributed by atoms with Crippen LogP contribution in [0.2, 0.25) is 0 Å². The van der Waals surface area contributed by atoms with Crippen LogP contribution in [0.4, 0.5) is 5.69 Å². The summed E-state index contributed by atoms with van der Waals surface area (Å²) in [6.45, 7) is 1.87. The van der Waals surface area contributed by atoms with Crippen LogP contribution in [-0.4, -0.2) is 36.0 Å². The number of benzene rings is 1. The van der Waals surface area contributed by atoms with Gasteiger partial charge >= 0.3 is 5.97 Å². The zero-order valence-corrected chi connectivity index (χ0v) is 19.8. The Morgan fingerprint density at radius 1 is 1.16 bits per heavy atom. The molecule has 7 heteroatoms. The second kappa shape index (κ2) is 7.87. The van der Waals surface area contributed by atoms with Gasteiger partial charge in [0, 0.05) is 18.4 Å². The lowest BCUT2D eigenvalue weighted by Gasteiger charge is -2.55. The molecule has 6 rings (SSSR count). The summed E-state index contributed by atoms with van der Waals surface area (Å²) >= 11 is 5.47. The number of ether oxygens (including phenoxy) is 1. The van der Waals surface area contributed by atoms with E-state index >= 15 is 0 Å². The van der Waals surface area contributed by atoms with Crippen LogP contribution in [0.5, 0.6) is 0 Å². The number of esters is 1. The third-order valence-electron chi connectivity index (χ3n) is 8.16. The quantitative estimate of drug-likeness (QED) is 0.527. The zero-order valence-electron chi connectivity index (χ0n) is 18.9. The maximum absolute atomic E-state index is 13.5. The van der Waals surface area contributed by atoms with Crippen LogP contribution in [-0.2, 0) is 14.3 Å². The number of carbonyl (C=O) groups excluding carboxylic acids is 2. The summed E-state index contributed by atoms with van der Waals surface area (Å²) in [6.07, 6.45) is 7.03. The van der Waals surface area contributed by atoms with Crippen molar-refractivity contribution in [2.45, 2.75) is 51.5 Å². The fourth-order valence-electron chi connectivity index (χ4n) is 6.91. The highest BCUT2D eigenvalue weighted by Crippen LogP contribution is 2.60. The lowest BCUT2D eigenvalue weighted by Crippen LogP contribution is -2.51. The normalized spacial score (nSPS) is 33.2. The van der Waals surface area contributed by atoms with E-state index in [2.05, 4.69) is 10.6 Å². The molecule has 2 N–H and O–H groups in total. The number of amides is 1. The van der Waals surface area contributed by atoms with E-state index in [1.54, 1.807) is 4.90 Å². The molecule has 1 amide bonds. The van der Waals surface area contributed by atoms with Gasteiger partial charge in [-0.2, -0.15) is 0 Å². The molecule has 0 aromatic heterocycles. The SMILES string of the molecule is COC(=O)C1=C(C)N(C)C(=S)NC1c1cccc(NC(=O)C23CC4CC(CC(C4)C2)C3)c1. The second-order valence-electron chi connectivity index (χ2n) is 10.2. The van der Waals surface area contributed by atoms with Crippen molar-refractivity contribution in [3.63, 3.8) is 0 Å². The monoisotopic (exact) mass is 453 g/mol. The van der Waals surface area contributed by atoms with Gasteiger partial charge in [-0.15, -0.1) is 0 Å². The maximum atomic E-state index is 13.5. The minimum atomic E-state index is -0.428. The van der Waals surface area contributed by atoms with Crippen LogP contribution in [0, 0.1) is 23.2 Å². The highest BCUT2D eigenvalue weighted by atomic mass is 32.1. The van der Waals surface area contributed by atoms with Crippen molar-refractivity contribution >= 4 is 34.9 Å². The Morgan fingerprint density at radius 3 is 2.38 bits per heavy atom. The maximum Gasteiger partial charge on any atom is 0.337 e. The molecule has 4 aliphatic carbocycles. The molecule has 1 atom stereocenters. The first-order chi connectivity index (χ1) is 15.3. The van der Waals surface area contributed by atoms with Crippen molar-refractivity contribution in [3.8, 4) is 0 Å². The number of hydrogen-bond donors (Lipinski definition) is 2. The summed E-state index contributed by atoms with van der Waals surface area (Å²) < 4.78 is 5.05. The first-order valence-electron chi connectivity index (χ1n) is 11.5. The van der Waals surface area contributed by atoms with E-state index in [9.17, 15) is 9.59 Å². The van der Waals surface area contributed by atoms with E-state index in [0.717, 1.165) is 54.0 Å². The third kappa shape index (κ3) is 3.51. The number of carbonyl (C=O) groups is 2. The van der Waals surface area contributed by atoms with E-state index in [0.29, 0.717) is 10.7 Å². The summed E-state index contributed by atoms with van der Waals surface area (Å²) in [5.74, 6) is 1.94. The number of methoxy groups -OCH3 is 1. The predicted octanol–water partition coefficient (Wildman–Crippen LogP) is 4.15. The highest BCUT2D eigenvalue weighted by molar-refractivity contribution is 7.80. The van der Waals surface area contributed by atoms with Crippen LogP contribution in [0.15, 0.2) is 35.5 Å². The van der Waals surface area contributed by atoms with Gasteiger partial charge in [0.15, 0.2) is 5.11 Å². The molecule has 5 aliphatic rings. The van der Waals surface area contributed by atoms with Crippen molar-refractivity contribution < 1.29 is 14.3 Å². The lowest BCUT2D eigenvalue weighted by atomic mass is 9.49. The van der Waals surface area contributed by atoms with Crippen molar-refractivity contribution in [1.82, 2.24) is 10.2 Å². The molecule has 0 radical (unpaired) electrons. The first kappa shape index (κ1) is 21.4. The van der Waals surface area contributed by atoms with Crippen molar-refractivity contribution in [2.75, 3.05) is 19.5 Å². The molecule has 0 saturated heterocycles. The molecule has 6 nitrogen and oxygen atoms in total. The first-order valence-corrected chi connectivity index (χ1v) is 11.9. The second-order valence-corrected chi connectivity index (χ2v) is 10.6. The number of allylic oxidation sites excluding steroid dienone is 1. The molecule has 1 unspecified atom stereocenters. The lowest BCUT2D eigenvalue weighted by molar-refractivity contribution is -0.140. The molecular formula is C25H31N3O3S. The molecular weight excluding hydrogens is 422 g/mol. The summed E-state index contributed by atoms with van der Waals surface area (Å²) in [7, 11) is 3.21. The Morgan fingerprint density at radius 2 is 1.78 bits per heavy atom. The molecule has 4 saturated carbocycles. The molecule has 1 aliphatic heterocycles. The standard InChI is InChI=1S/C25H31N3O3S/c1-14-20(22(29)31-3)21(27-24(32)28(14)2)18-5-4-6-19(10-18)26-23(30)25-11-15-7-16(12-25)9-17(8-15)13-25/h4-6,10,15-17,21H,7-9,11-13H2,1-3H3,(H,26,30)(H,27,32). The van der Waals surface area contributed by atoms with Crippen molar-refractivity contribution in [2.24, 2.45) is 23.2 Å². The van der Waals surface area contributed by atoms with Crippen LogP contribution in [0.25, 0.3) is 0 Å². The van der Waals surface area contributed by atoms with E-state index in [1.807, 2.05) is 38.2 Å². The molecule has 1 aromatic carbocycles. The van der Waals surface area contributed by atoms with Gasteiger partial charge in [0.25, 0.3) is 0 Å². The smallest absolute Gasteiger partial charge is 0.337 e.